The molecule has 2 saturated heterocycles. The zero-order valence-corrected chi connectivity index (χ0v) is 22.6. The molecule has 0 saturated carbocycles. The van der Waals surface area contributed by atoms with Gasteiger partial charge in [-0.1, -0.05) is 39.2 Å². The molecule has 0 radical (unpaired) electrons. The maximum absolute atomic E-state index is 13.5. The summed E-state index contributed by atoms with van der Waals surface area (Å²) < 4.78 is 35.3. The monoisotopic (exact) mass is 518 g/mol. The molecular weight excluding hydrogens is 475 g/mol. The summed E-state index contributed by atoms with van der Waals surface area (Å²) in [6.07, 6.45) is 11.4. The summed E-state index contributed by atoms with van der Waals surface area (Å²) in [4.78, 5) is 17.6. The standard InChI is InChI=1S/C29H43FN2O5/c1-6-25(11-13-27-22-35-16-8-17-36-27)20-32(19-23(2)3)29(33)28-21-31(15-18-37-28)14-7-9-26(34-5)12-10-24(4)30/h6,9-13,23,28H,1,4,7-8,14-22H2,2-3,5H3/b12-10-,25-11+,26-9+,27-13+/t28-/m1/s1. The summed E-state index contributed by atoms with van der Waals surface area (Å²) >= 11 is 0. The van der Waals surface area contributed by atoms with Gasteiger partial charge in [-0.05, 0) is 42.2 Å². The van der Waals surface area contributed by atoms with Gasteiger partial charge < -0.3 is 23.8 Å². The Hall–Kier alpha value is -2.68. The van der Waals surface area contributed by atoms with Gasteiger partial charge in [0.2, 0.25) is 0 Å². The number of methoxy groups -OCH3 is 1. The van der Waals surface area contributed by atoms with Crippen molar-refractivity contribution in [3.8, 4) is 0 Å². The molecule has 206 valence electrons. The van der Waals surface area contributed by atoms with Crippen LogP contribution in [0.25, 0.3) is 0 Å². The molecule has 0 aromatic rings. The van der Waals surface area contributed by atoms with Crippen LogP contribution in [0.2, 0.25) is 0 Å². The summed E-state index contributed by atoms with van der Waals surface area (Å²) in [5, 5.41) is 0. The van der Waals surface area contributed by atoms with Crippen LogP contribution in [-0.2, 0) is 23.7 Å². The lowest BCUT2D eigenvalue weighted by molar-refractivity contribution is -0.149. The van der Waals surface area contributed by atoms with Crippen LogP contribution < -0.4 is 0 Å². The van der Waals surface area contributed by atoms with E-state index in [1.165, 1.54) is 6.08 Å². The maximum Gasteiger partial charge on any atom is 0.253 e. The quantitative estimate of drug-likeness (QED) is 0.263. The van der Waals surface area contributed by atoms with Crippen molar-refractivity contribution in [2.24, 2.45) is 5.92 Å². The number of hydrogen-bond donors (Lipinski definition) is 0. The first-order valence-corrected chi connectivity index (χ1v) is 12.9. The molecule has 8 heteroatoms. The lowest BCUT2D eigenvalue weighted by Gasteiger charge is -2.35. The minimum absolute atomic E-state index is 0.0228. The Bertz CT molecular complexity index is 868. The van der Waals surface area contributed by atoms with Crippen LogP contribution in [0.15, 0.2) is 72.5 Å². The second kappa shape index (κ2) is 16.9. The molecule has 0 aromatic heterocycles. The number of nitrogens with zero attached hydrogens (tertiary/aromatic N) is 2. The van der Waals surface area contributed by atoms with E-state index in [0.717, 1.165) is 30.8 Å². The molecular formula is C29H43FN2O5. The van der Waals surface area contributed by atoms with E-state index in [1.54, 1.807) is 19.3 Å². The minimum atomic E-state index is -0.531. The Labute approximate surface area is 221 Å². The normalized spacial score (nSPS) is 21.1. The topological polar surface area (TPSA) is 60.5 Å². The van der Waals surface area contributed by atoms with Crippen molar-refractivity contribution in [2.45, 2.75) is 32.8 Å². The van der Waals surface area contributed by atoms with E-state index in [0.29, 0.717) is 64.2 Å². The van der Waals surface area contributed by atoms with Gasteiger partial charge in [-0.25, -0.2) is 4.39 Å². The van der Waals surface area contributed by atoms with Crippen LogP contribution in [0.3, 0.4) is 0 Å². The highest BCUT2D eigenvalue weighted by molar-refractivity contribution is 5.81. The Morgan fingerprint density at radius 1 is 1.30 bits per heavy atom. The van der Waals surface area contributed by atoms with Crippen LogP contribution in [-0.4, -0.2) is 88.1 Å². The van der Waals surface area contributed by atoms with Gasteiger partial charge in [0.1, 0.15) is 30.1 Å². The number of halogens is 1. The SMILES string of the molecule is C=C/C(=C\C=C1/COCCCO1)CN(CC(C)C)C(=O)[C@H]1CN(CC/C=C(\C=C/C(=C)F)OC)CCO1. The van der Waals surface area contributed by atoms with E-state index >= 15 is 0 Å². The number of carbonyl (C=O) groups is 1. The smallest absolute Gasteiger partial charge is 0.253 e. The summed E-state index contributed by atoms with van der Waals surface area (Å²) in [6.45, 7) is 16.7. The van der Waals surface area contributed by atoms with E-state index in [9.17, 15) is 9.18 Å². The molecule has 2 fully saturated rings. The molecule has 1 amide bonds. The van der Waals surface area contributed by atoms with Gasteiger partial charge in [-0.15, -0.1) is 0 Å². The Morgan fingerprint density at radius 3 is 2.81 bits per heavy atom. The summed E-state index contributed by atoms with van der Waals surface area (Å²) in [6, 6.07) is 0. The first kappa shape index (κ1) is 30.5. The molecule has 2 rings (SSSR count). The average Bonchev–Trinajstić information content (AvgIpc) is 3.16. The van der Waals surface area contributed by atoms with Crippen LogP contribution in [0, 0.1) is 5.92 Å². The molecule has 0 bridgehead atoms. The molecule has 37 heavy (non-hydrogen) atoms. The highest BCUT2D eigenvalue weighted by Crippen LogP contribution is 2.15. The number of hydrogen-bond acceptors (Lipinski definition) is 6. The average molecular weight is 519 g/mol. The van der Waals surface area contributed by atoms with Gasteiger partial charge in [0.15, 0.2) is 0 Å². The van der Waals surface area contributed by atoms with E-state index < -0.39 is 11.9 Å². The highest BCUT2D eigenvalue weighted by atomic mass is 19.1. The first-order valence-electron chi connectivity index (χ1n) is 12.9. The van der Waals surface area contributed by atoms with Crippen molar-refractivity contribution in [1.29, 1.82) is 0 Å². The molecule has 2 aliphatic heterocycles. The Balaban J connectivity index is 2.02. The lowest BCUT2D eigenvalue weighted by atomic mass is 10.1. The van der Waals surface area contributed by atoms with Crippen molar-refractivity contribution in [1.82, 2.24) is 9.80 Å². The molecule has 0 aromatic carbocycles. The zero-order chi connectivity index (χ0) is 27.0. The second-order valence-corrected chi connectivity index (χ2v) is 9.49. The van der Waals surface area contributed by atoms with Gasteiger partial charge in [-0.2, -0.15) is 0 Å². The number of allylic oxidation sites excluding steroid dienone is 5. The molecule has 0 aliphatic carbocycles. The summed E-state index contributed by atoms with van der Waals surface area (Å²) in [7, 11) is 1.55. The number of carbonyl (C=O) groups excluding carboxylic acids is 1. The van der Waals surface area contributed by atoms with Crippen molar-refractivity contribution >= 4 is 5.91 Å². The van der Waals surface area contributed by atoms with Crippen molar-refractivity contribution in [2.75, 3.05) is 66.3 Å². The molecule has 2 heterocycles. The number of rotatable bonds is 13. The number of morpholine rings is 1. The van der Waals surface area contributed by atoms with E-state index in [2.05, 4.69) is 31.9 Å². The third-order valence-corrected chi connectivity index (χ3v) is 5.86. The number of amides is 1. The Morgan fingerprint density at radius 2 is 2.11 bits per heavy atom. The molecule has 0 unspecified atom stereocenters. The summed E-state index contributed by atoms with van der Waals surface area (Å²) in [5.41, 5.74) is 0.920. The summed E-state index contributed by atoms with van der Waals surface area (Å²) in [5.74, 6) is 1.10. The molecule has 0 spiro atoms. The molecule has 1 atom stereocenters. The van der Waals surface area contributed by atoms with Gasteiger partial charge in [0.05, 0.1) is 26.9 Å². The first-order chi connectivity index (χ1) is 17.8. The van der Waals surface area contributed by atoms with Crippen molar-refractivity contribution in [3.05, 3.63) is 72.5 Å². The van der Waals surface area contributed by atoms with Gasteiger partial charge >= 0.3 is 0 Å². The predicted molar refractivity (Wildman–Crippen MR) is 144 cm³/mol. The van der Waals surface area contributed by atoms with E-state index in [1.807, 2.05) is 23.1 Å². The molecule has 7 nitrogen and oxygen atoms in total. The third-order valence-electron chi connectivity index (χ3n) is 5.86. The van der Waals surface area contributed by atoms with E-state index in [4.69, 9.17) is 18.9 Å². The maximum atomic E-state index is 13.5. The van der Waals surface area contributed by atoms with Crippen molar-refractivity contribution < 1.29 is 28.1 Å². The van der Waals surface area contributed by atoms with Gasteiger partial charge in [0, 0.05) is 39.1 Å². The van der Waals surface area contributed by atoms with Crippen LogP contribution in [0.1, 0.15) is 26.7 Å². The largest absolute Gasteiger partial charge is 0.497 e. The fourth-order valence-corrected chi connectivity index (χ4v) is 3.99. The van der Waals surface area contributed by atoms with Gasteiger partial charge in [0.25, 0.3) is 5.91 Å². The second-order valence-electron chi connectivity index (χ2n) is 9.49. The van der Waals surface area contributed by atoms with Gasteiger partial charge in [-0.3, -0.25) is 9.69 Å². The predicted octanol–water partition coefficient (Wildman–Crippen LogP) is 4.56. The highest BCUT2D eigenvalue weighted by Gasteiger charge is 2.30. The zero-order valence-electron chi connectivity index (χ0n) is 22.6. The third kappa shape index (κ3) is 11.9. The fourth-order valence-electron chi connectivity index (χ4n) is 3.99. The molecule has 2 aliphatic rings. The van der Waals surface area contributed by atoms with Crippen LogP contribution >= 0.6 is 0 Å². The minimum Gasteiger partial charge on any atom is -0.497 e. The fraction of sp³-hybridized carbons (Fsp3) is 0.552. The lowest BCUT2D eigenvalue weighted by Crippen LogP contribution is -2.52. The Kier molecular flexibility index (Phi) is 14.0. The number of ether oxygens (including phenoxy) is 4. The molecule has 0 N–H and O–H groups in total. The van der Waals surface area contributed by atoms with Crippen LogP contribution in [0.4, 0.5) is 4.39 Å². The van der Waals surface area contributed by atoms with Crippen molar-refractivity contribution in [3.63, 3.8) is 0 Å². The van der Waals surface area contributed by atoms with Crippen LogP contribution in [0.5, 0.6) is 0 Å². The van der Waals surface area contributed by atoms with E-state index in [-0.39, 0.29) is 5.91 Å².